The molecule has 0 aliphatic rings. The molecule has 1 heterocycles. The number of carbonyl (C=O) groups excluding carboxylic acids is 1. The monoisotopic (exact) mass is 258 g/mol. The van der Waals surface area contributed by atoms with E-state index in [1.54, 1.807) is 6.92 Å². The molecule has 1 rings (SSSR count). The number of aliphatic carboxylic acids is 1. The molecule has 17 heavy (non-hydrogen) atoms. The zero-order valence-electron chi connectivity index (χ0n) is 9.56. The van der Waals surface area contributed by atoms with E-state index in [1.807, 2.05) is 6.92 Å². The van der Waals surface area contributed by atoms with Crippen LogP contribution in [0.2, 0.25) is 0 Å². The standard InChI is InChI=1S/C9H14N4O3S/c1-3-4-6(7(14)15)11-8(16)12-9-10-5(2)13-17-9/h6H,3-4H2,1-2H3,(H,14,15)(H2,10,11,12,13,16)/t6-/m0/s1. The maximum Gasteiger partial charge on any atom is 0.326 e. The molecule has 94 valence electrons. The first-order valence-electron chi connectivity index (χ1n) is 5.13. The zero-order valence-corrected chi connectivity index (χ0v) is 10.4. The van der Waals surface area contributed by atoms with Crippen molar-refractivity contribution >= 4 is 28.7 Å². The van der Waals surface area contributed by atoms with Crippen LogP contribution in [0.1, 0.15) is 25.6 Å². The van der Waals surface area contributed by atoms with Gasteiger partial charge >= 0.3 is 12.0 Å². The van der Waals surface area contributed by atoms with Gasteiger partial charge in [-0.1, -0.05) is 13.3 Å². The van der Waals surface area contributed by atoms with Crippen LogP contribution in [0.3, 0.4) is 0 Å². The number of hydrogen-bond acceptors (Lipinski definition) is 5. The number of aryl methyl sites for hydroxylation is 1. The maximum absolute atomic E-state index is 11.5. The van der Waals surface area contributed by atoms with Crippen LogP contribution in [0.25, 0.3) is 0 Å². The van der Waals surface area contributed by atoms with Crippen LogP contribution in [0.15, 0.2) is 0 Å². The Morgan fingerprint density at radius 3 is 2.71 bits per heavy atom. The van der Waals surface area contributed by atoms with Gasteiger partial charge < -0.3 is 10.4 Å². The lowest BCUT2D eigenvalue weighted by atomic mass is 10.2. The molecule has 0 saturated carbocycles. The molecule has 1 aromatic rings. The number of carboxylic acids is 1. The Morgan fingerprint density at radius 1 is 1.53 bits per heavy atom. The highest BCUT2D eigenvalue weighted by molar-refractivity contribution is 7.09. The summed E-state index contributed by atoms with van der Waals surface area (Å²) in [5.74, 6) is -0.482. The first kappa shape index (κ1) is 13.4. The van der Waals surface area contributed by atoms with E-state index in [9.17, 15) is 9.59 Å². The Hall–Kier alpha value is -1.70. The molecule has 2 amide bonds. The van der Waals surface area contributed by atoms with Gasteiger partial charge in [-0.2, -0.15) is 4.37 Å². The summed E-state index contributed by atoms with van der Waals surface area (Å²) in [5, 5.41) is 14.0. The van der Waals surface area contributed by atoms with Crippen LogP contribution in [0, 0.1) is 6.92 Å². The van der Waals surface area contributed by atoms with Crippen LogP contribution in [-0.4, -0.2) is 32.5 Å². The number of nitrogens with one attached hydrogen (secondary N) is 2. The van der Waals surface area contributed by atoms with Crippen molar-refractivity contribution in [3.8, 4) is 0 Å². The van der Waals surface area contributed by atoms with Crippen LogP contribution in [0.4, 0.5) is 9.93 Å². The highest BCUT2D eigenvalue weighted by atomic mass is 32.1. The number of rotatable bonds is 5. The minimum absolute atomic E-state index is 0.348. The van der Waals surface area contributed by atoms with Crippen molar-refractivity contribution in [2.45, 2.75) is 32.7 Å². The first-order chi connectivity index (χ1) is 8.02. The average Bonchev–Trinajstić information content (AvgIpc) is 2.63. The van der Waals surface area contributed by atoms with Crippen LogP contribution in [0.5, 0.6) is 0 Å². The lowest BCUT2D eigenvalue weighted by molar-refractivity contribution is -0.139. The number of hydrogen-bond donors (Lipinski definition) is 3. The van der Waals surface area contributed by atoms with Gasteiger partial charge in [0.25, 0.3) is 0 Å². The number of urea groups is 1. The van der Waals surface area contributed by atoms with Gasteiger partial charge in [0.2, 0.25) is 5.13 Å². The third-order valence-corrected chi connectivity index (χ3v) is 2.65. The number of carboxylic acid groups (broad SMARTS) is 1. The summed E-state index contributed by atoms with van der Waals surface area (Å²) >= 11 is 1.05. The van der Waals surface area contributed by atoms with E-state index in [-0.39, 0.29) is 0 Å². The van der Waals surface area contributed by atoms with Crippen molar-refractivity contribution in [3.05, 3.63) is 5.82 Å². The van der Waals surface area contributed by atoms with E-state index in [0.29, 0.717) is 23.8 Å². The fraction of sp³-hybridized carbons (Fsp3) is 0.556. The molecule has 3 N–H and O–H groups in total. The van der Waals surface area contributed by atoms with Crippen LogP contribution >= 0.6 is 11.5 Å². The number of aromatic nitrogens is 2. The van der Waals surface area contributed by atoms with Gasteiger partial charge in [-0.15, -0.1) is 0 Å². The Balaban J connectivity index is 2.50. The van der Waals surface area contributed by atoms with Crippen LogP contribution < -0.4 is 10.6 Å². The van der Waals surface area contributed by atoms with Crippen molar-refractivity contribution in [2.24, 2.45) is 0 Å². The normalized spacial score (nSPS) is 11.9. The van der Waals surface area contributed by atoms with Gasteiger partial charge in [0, 0.05) is 11.5 Å². The van der Waals surface area contributed by atoms with Crippen molar-refractivity contribution in [1.29, 1.82) is 0 Å². The summed E-state index contributed by atoms with van der Waals surface area (Å²) in [6.45, 7) is 3.56. The summed E-state index contributed by atoms with van der Waals surface area (Å²) in [7, 11) is 0. The van der Waals surface area contributed by atoms with E-state index in [2.05, 4.69) is 20.0 Å². The Bertz CT molecular complexity index is 407. The third-order valence-electron chi connectivity index (χ3n) is 1.93. The minimum atomic E-state index is -1.05. The first-order valence-corrected chi connectivity index (χ1v) is 5.91. The molecule has 0 aliphatic heterocycles. The zero-order chi connectivity index (χ0) is 12.8. The SMILES string of the molecule is CCC[C@H](NC(=O)Nc1nc(C)ns1)C(=O)O. The molecule has 0 radical (unpaired) electrons. The Morgan fingerprint density at radius 2 is 2.24 bits per heavy atom. The highest BCUT2D eigenvalue weighted by Crippen LogP contribution is 2.09. The molecule has 7 nitrogen and oxygen atoms in total. The Labute approximate surface area is 102 Å². The van der Waals surface area contributed by atoms with Crippen molar-refractivity contribution in [3.63, 3.8) is 0 Å². The maximum atomic E-state index is 11.5. The second kappa shape index (κ2) is 6.14. The Kier molecular flexibility index (Phi) is 4.83. The molecule has 1 atom stereocenters. The molecule has 0 aliphatic carbocycles. The topological polar surface area (TPSA) is 104 Å². The minimum Gasteiger partial charge on any atom is -0.480 e. The molecule has 0 saturated heterocycles. The average molecular weight is 258 g/mol. The third kappa shape index (κ3) is 4.35. The number of anilines is 1. The van der Waals surface area contributed by atoms with Gasteiger partial charge in [0.15, 0.2) is 0 Å². The second-order valence-corrected chi connectivity index (χ2v) is 4.18. The molecule has 0 aromatic carbocycles. The predicted octanol–water partition coefficient (Wildman–Crippen LogP) is 1.22. The smallest absolute Gasteiger partial charge is 0.326 e. The van der Waals surface area contributed by atoms with Gasteiger partial charge in [-0.25, -0.2) is 14.6 Å². The fourth-order valence-electron chi connectivity index (χ4n) is 1.19. The van der Waals surface area contributed by atoms with Crippen LogP contribution in [-0.2, 0) is 4.79 Å². The number of carbonyl (C=O) groups is 2. The summed E-state index contributed by atoms with van der Waals surface area (Å²) in [4.78, 5) is 26.2. The van der Waals surface area contributed by atoms with Crippen molar-refractivity contribution in [2.75, 3.05) is 5.32 Å². The molecular weight excluding hydrogens is 244 g/mol. The molecule has 0 spiro atoms. The van der Waals surface area contributed by atoms with E-state index < -0.39 is 18.0 Å². The van der Waals surface area contributed by atoms with Gasteiger partial charge in [-0.3, -0.25) is 5.32 Å². The fourth-order valence-corrected chi connectivity index (χ4v) is 1.76. The molecule has 0 fully saturated rings. The molecule has 8 heteroatoms. The van der Waals surface area contributed by atoms with Crippen molar-refractivity contribution < 1.29 is 14.7 Å². The van der Waals surface area contributed by atoms with E-state index in [4.69, 9.17) is 5.11 Å². The molecule has 1 aromatic heterocycles. The number of nitrogens with zero attached hydrogens (tertiary/aromatic N) is 2. The predicted molar refractivity (Wildman–Crippen MR) is 63.1 cm³/mol. The summed E-state index contributed by atoms with van der Waals surface area (Å²) < 4.78 is 3.89. The largest absolute Gasteiger partial charge is 0.480 e. The highest BCUT2D eigenvalue weighted by Gasteiger charge is 2.19. The van der Waals surface area contributed by atoms with E-state index >= 15 is 0 Å². The van der Waals surface area contributed by atoms with Crippen molar-refractivity contribution in [1.82, 2.24) is 14.7 Å². The quantitative estimate of drug-likeness (QED) is 0.736. The van der Waals surface area contributed by atoms with E-state index in [1.165, 1.54) is 0 Å². The van der Waals surface area contributed by atoms with E-state index in [0.717, 1.165) is 11.5 Å². The van der Waals surface area contributed by atoms with Gasteiger partial charge in [-0.05, 0) is 13.3 Å². The van der Waals surface area contributed by atoms with Gasteiger partial charge in [0.1, 0.15) is 11.9 Å². The summed E-state index contributed by atoms with van der Waals surface area (Å²) in [5.41, 5.74) is 0. The molecular formula is C9H14N4O3S. The summed E-state index contributed by atoms with van der Waals surface area (Å²) in [6.07, 6.45) is 1.06. The molecule has 0 unspecified atom stereocenters. The number of amides is 2. The summed E-state index contributed by atoms with van der Waals surface area (Å²) in [6, 6.07) is -1.46. The lowest BCUT2D eigenvalue weighted by Gasteiger charge is -2.12. The van der Waals surface area contributed by atoms with Gasteiger partial charge in [0.05, 0.1) is 0 Å². The lowest BCUT2D eigenvalue weighted by Crippen LogP contribution is -2.42. The second-order valence-electron chi connectivity index (χ2n) is 3.42. The molecule has 0 bridgehead atoms.